The number of fused-ring (bicyclic) bond motifs is 1. The van der Waals surface area contributed by atoms with Crippen molar-refractivity contribution in [2.45, 2.75) is 23.9 Å². The molecule has 7 heteroatoms. The summed E-state index contributed by atoms with van der Waals surface area (Å²) in [5, 5.41) is 13.1. The number of hydrogen-bond acceptors (Lipinski definition) is 5. The van der Waals surface area contributed by atoms with Crippen LogP contribution in [0.3, 0.4) is 0 Å². The molecule has 1 aliphatic heterocycles. The van der Waals surface area contributed by atoms with Crippen LogP contribution in [0.5, 0.6) is 0 Å². The SMILES string of the molecule is CO[C@H]1C=C[C@](CNC(=O)[C@@H]2C3c4ccccc4C(c4ccccc43)[C@@H]2C(=O)O)(OC)O1. The van der Waals surface area contributed by atoms with E-state index in [9.17, 15) is 14.7 Å². The number of amides is 1. The fourth-order valence-electron chi connectivity index (χ4n) is 5.53. The van der Waals surface area contributed by atoms with Crippen molar-refractivity contribution in [1.82, 2.24) is 5.32 Å². The van der Waals surface area contributed by atoms with E-state index in [0.29, 0.717) is 0 Å². The van der Waals surface area contributed by atoms with Crippen LogP contribution in [-0.2, 0) is 23.8 Å². The fourth-order valence-corrected chi connectivity index (χ4v) is 5.53. The van der Waals surface area contributed by atoms with Crippen LogP contribution >= 0.6 is 0 Å². The van der Waals surface area contributed by atoms with Gasteiger partial charge >= 0.3 is 5.97 Å². The molecule has 3 aliphatic carbocycles. The number of rotatable bonds is 6. The summed E-state index contributed by atoms with van der Waals surface area (Å²) >= 11 is 0. The summed E-state index contributed by atoms with van der Waals surface area (Å²) in [4.78, 5) is 26.0. The zero-order valence-corrected chi connectivity index (χ0v) is 17.9. The number of methoxy groups -OCH3 is 2. The second-order valence-electron chi connectivity index (χ2n) is 8.42. The first kappa shape index (κ1) is 20.9. The van der Waals surface area contributed by atoms with Gasteiger partial charge in [-0.25, -0.2) is 0 Å². The zero-order valence-electron chi connectivity index (χ0n) is 17.9. The predicted octanol–water partition coefficient (Wildman–Crippen LogP) is 2.61. The number of ether oxygens (including phenoxy) is 3. The Labute approximate surface area is 186 Å². The number of carbonyl (C=O) groups is 2. The number of nitrogens with one attached hydrogen (secondary N) is 1. The van der Waals surface area contributed by atoms with Crippen molar-refractivity contribution in [2.75, 3.05) is 20.8 Å². The third kappa shape index (κ3) is 3.08. The van der Waals surface area contributed by atoms with Gasteiger partial charge in [-0.2, -0.15) is 0 Å². The molecule has 1 amide bonds. The van der Waals surface area contributed by atoms with E-state index < -0.39 is 29.9 Å². The second-order valence-corrected chi connectivity index (χ2v) is 8.42. The Kier molecular flexibility index (Phi) is 5.12. The van der Waals surface area contributed by atoms with Crippen LogP contribution in [0.4, 0.5) is 0 Å². The van der Waals surface area contributed by atoms with Crippen molar-refractivity contribution >= 4 is 11.9 Å². The summed E-state index contributed by atoms with van der Waals surface area (Å²) < 4.78 is 16.4. The first-order chi connectivity index (χ1) is 15.5. The molecule has 0 aromatic heterocycles. The van der Waals surface area contributed by atoms with Gasteiger partial charge < -0.3 is 24.6 Å². The number of carbonyl (C=O) groups excluding carboxylic acids is 1. The minimum absolute atomic E-state index is 0.0439. The van der Waals surface area contributed by atoms with Crippen molar-refractivity contribution in [1.29, 1.82) is 0 Å². The van der Waals surface area contributed by atoms with Gasteiger partial charge in [-0.1, -0.05) is 48.5 Å². The lowest BCUT2D eigenvalue weighted by molar-refractivity contribution is -0.239. The van der Waals surface area contributed by atoms with Crippen molar-refractivity contribution in [3.05, 3.63) is 82.9 Å². The minimum atomic E-state index is -1.15. The lowest BCUT2D eigenvalue weighted by Gasteiger charge is -2.48. The summed E-state index contributed by atoms with van der Waals surface area (Å²) in [5.41, 5.74) is 4.02. The van der Waals surface area contributed by atoms with Crippen molar-refractivity contribution in [3.8, 4) is 0 Å². The molecule has 166 valence electrons. The number of carboxylic acids is 1. The number of hydrogen-bond donors (Lipinski definition) is 2. The Balaban J connectivity index is 1.50. The normalized spacial score (nSPS) is 31.8. The van der Waals surface area contributed by atoms with Gasteiger partial charge in [0.05, 0.1) is 18.4 Å². The van der Waals surface area contributed by atoms with Crippen molar-refractivity contribution < 1.29 is 28.9 Å². The third-order valence-corrected chi connectivity index (χ3v) is 6.94. The average Bonchev–Trinajstić information content (AvgIpc) is 3.26. The van der Waals surface area contributed by atoms with Gasteiger partial charge in [0.25, 0.3) is 0 Å². The molecule has 6 rings (SSSR count). The van der Waals surface area contributed by atoms with E-state index >= 15 is 0 Å². The van der Waals surface area contributed by atoms with Gasteiger partial charge in [0.1, 0.15) is 0 Å². The molecule has 1 heterocycles. The van der Waals surface area contributed by atoms with Gasteiger partial charge in [-0.05, 0) is 34.4 Å². The summed E-state index contributed by atoms with van der Waals surface area (Å²) in [6.45, 7) is 0.0439. The van der Waals surface area contributed by atoms with Crippen molar-refractivity contribution in [3.63, 3.8) is 0 Å². The highest BCUT2D eigenvalue weighted by Crippen LogP contribution is 2.58. The first-order valence-corrected chi connectivity index (χ1v) is 10.6. The van der Waals surface area contributed by atoms with Crippen LogP contribution in [0, 0.1) is 11.8 Å². The molecule has 0 unspecified atom stereocenters. The summed E-state index contributed by atoms with van der Waals surface area (Å²) in [5.74, 6) is -4.78. The molecule has 32 heavy (non-hydrogen) atoms. The Morgan fingerprint density at radius 1 is 0.969 bits per heavy atom. The van der Waals surface area contributed by atoms with E-state index in [4.69, 9.17) is 14.2 Å². The van der Waals surface area contributed by atoms with Gasteiger partial charge in [-0.15, -0.1) is 0 Å². The fraction of sp³-hybridized carbons (Fsp3) is 0.360. The molecule has 4 atom stereocenters. The molecular formula is C25H25NO6. The molecule has 0 fully saturated rings. The molecule has 2 bridgehead atoms. The van der Waals surface area contributed by atoms with Crippen molar-refractivity contribution in [2.24, 2.45) is 11.8 Å². The number of carboxylic acid groups (broad SMARTS) is 1. The molecule has 2 aromatic rings. The lowest BCUT2D eigenvalue weighted by atomic mass is 9.54. The molecule has 0 radical (unpaired) electrons. The Bertz CT molecular complexity index is 1050. The summed E-state index contributed by atoms with van der Waals surface area (Å²) in [7, 11) is 3.01. The molecule has 2 aromatic carbocycles. The Morgan fingerprint density at radius 3 is 1.94 bits per heavy atom. The molecule has 0 saturated carbocycles. The van der Waals surface area contributed by atoms with E-state index in [1.165, 1.54) is 14.2 Å². The van der Waals surface area contributed by atoms with Crippen LogP contribution in [0.25, 0.3) is 0 Å². The Hall–Kier alpha value is -3.00. The smallest absolute Gasteiger partial charge is 0.308 e. The van der Waals surface area contributed by atoms with E-state index in [2.05, 4.69) is 5.32 Å². The summed E-state index contributed by atoms with van der Waals surface area (Å²) in [6, 6.07) is 15.7. The van der Waals surface area contributed by atoms with E-state index in [-0.39, 0.29) is 24.3 Å². The monoisotopic (exact) mass is 435 g/mol. The average molecular weight is 435 g/mol. The number of aliphatic carboxylic acids is 1. The molecule has 7 nitrogen and oxygen atoms in total. The van der Waals surface area contributed by atoms with E-state index in [1.807, 2.05) is 48.5 Å². The molecular weight excluding hydrogens is 410 g/mol. The highest BCUT2D eigenvalue weighted by atomic mass is 16.8. The quantitative estimate of drug-likeness (QED) is 0.678. The maximum absolute atomic E-state index is 13.5. The molecule has 0 saturated heterocycles. The first-order valence-electron chi connectivity index (χ1n) is 10.6. The molecule has 0 spiro atoms. The predicted molar refractivity (Wildman–Crippen MR) is 115 cm³/mol. The van der Waals surface area contributed by atoms with E-state index in [1.54, 1.807) is 12.2 Å². The van der Waals surface area contributed by atoms with Gasteiger partial charge in [0, 0.05) is 26.1 Å². The second kappa shape index (κ2) is 7.85. The highest BCUT2D eigenvalue weighted by molar-refractivity contribution is 5.89. The van der Waals surface area contributed by atoms with Crippen LogP contribution in [0.1, 0.15) is 34.1 Å². The summed E-state index contributed by atoms with van der Waals surface area (Å²) in [6.07, 6.45) is 2.85. The molecule has 4 aliphatic rings. The molecule has 2 N–H and O–H groups in total. The van der Waals surface area contributed by atoms with E-state index in [0.717, 1.165) is 22.3 Å². The Morgan fingerprint density at radius 2 is 1.50 bits per heavy atom. The maximum Gasteiger partial charge on any atom is 0.308 e. The third-order valence-electron chi connectivity index (χ3n) is 6.94. The topological polar surface area (TPSA) is 94.1 Å². The van der Waals surface area contributed by atoms with Crippen LogP contribution < -0.4 is 5.32 Å². The zero-order chi connectivity index (χ0) is 22.5. The van der Waals surface area contributed by atoms with Gasteiger partial charge in [0.2, 0.25) is 11.7 Å². The lowest BCUT2D eigenvalue weighted by Crippen LogP contribution is -2.53. The minimum Gasteiger partial charge on any atom is -0.481 e. The van der Waals surface area contributed by atoms with Crippen LogP contribution in [-0.4, -0.2) is 49.8 Å². The number of benzene rings is 2. The highest BCUT2D eigenvalue weighted by Gasteiger charge is 2.55. The van der Waals surface area contributed by atoms with Crippen LogP contribution in [0.15, 0.2) is 60.7 Å². The standard InChI is InChI=1S/C25H25NO6/c1-30-18-11-12-25(31-2,32-18)13-26-23(27)21-19-14-7-3-5-9-16(14)20(22(21)24(28)29)17-10-6-4-8-15(17)19/h3-12,18-22H,13H2,1-2H3,(H,26,27)(H,28,29)/t18-,19?,20?,21-,22+,25+/m1/s1. The maximum atomic E-state index is 13.5. The van der Waals surface area contributed by atoms with Crippen LogP contribution in [0.2, 0.25) is 0 Å². The van der Waals surface area contributed by atoms with Gasteiger partial charge in [0.15, 0.2) is 6.29 Å². The van der Waals surface area contributed by atoms with Gasteiger partial charge in [-0.3, -0.25) is 9.59 Å². The largest absolute Gasteiger partial charge is 0.481 e.